The van der Waals surface area contributed by atoms with E-state index < -0.39 is 11.5 Å². The number of carboxylic acids is 1. The molecule has 0 aromatic rings. The van der Waals surface area contributed by atoms with Crippen molar-refractivity contribution in [2.24, 2.45) is 0 Å². The van der Waals surface area contributed by atoms with E-state index in [2.05, 4.69) is 22.2 Å². The van der Waals surface area contributed by atoms with Crippen molar-refractivity contribution < 1.29 is 9.90 Å². The Hall–Kier alpha value is -0.650. The summed E-state index contributed by atoms with van der Waals surface area (Å²) in [5.74, 6) is -0.750. The molecule has 5 nitrogen and oxygen atoms in total. The van der Waals surface area contributed by atoms with Crippen LogP contribution in [-0.4, -0.2) is 72.2 Å². The van der Waals surface area contributed by atoms with Gasteiger partial charge in [0.05, 0.1) is 0 Å². The second kappa shape index (κ2) is 7.22. The van der Waals surface area contributed by atoms with Gasteiger partial charge in [0.15, 0.2) is 0 Å². The highest BCUT2D eigenvalue weighted by Gasteiger charge is 2.32. The molecule has 0 spiro atoms. The fourth-order valence-electron chi connectivity index (χ4n) is 2.61. The third-order valence-corrected chi connectivity index (χ3v) is 3.83. The Morgan fingerprint density at radius 2 is 1.89 bits per heavy atom. The molecule has 0 aromatic carbocycles. The van der Waals surface area contributed by atoms with Gasteiger partial charge >= 0.3 is 5.97 Å². The van der Waals surface area contributed by atoms with Crippen LogP contribution in [0.4, 0.5) is 0 Å². The van der Waals surface area contributed by atoms with Crippen LogP contribution in [-0.2, 0) is 4.79 Å². The lowest BCUT2D eigenvalue weighted by molar-refractivity contribution is -0.144. The Labute approximate surface area is 117 Å². The van der Waals surface area contributed by atoms with Crippen LogP contribution in [0.25, 0.3) is 0 Å². The van der Waals surface area contributed by atoms with Crippen LogP contribution in [0.3, 0.4) is 0 Å². The normalized spacial score (nSPS) is 21.5. The molecule has 1 fully saturated rings. The van der Waals surface area contributed by atoms with Gasteiger partial charge in [-0.2, -0.15) is 0 Å². The Balaban J connectivity index is 2.34. The highest BCUT2D eigenvalue weighted by Crippen LogP contribution is 2.15. The lowest BCUT2D eigenvalue weighted by Gasteiger charge is -2.34. The van der Waals surface area contributed by atoms with E-state index in [-0.39, 0.29) is 6.04 Å². The zero-order valence-electron chi connectivity index (χ0n) is 12.8. The zero-order valence-corrected chi connectivity index (χ0v) is 12.8. The minimum Gasteiger partial charge on any atom is -0.480 e. The Bertz CT molecular complexity index is 288. The van der Waals surface area contributed by atoms with Crippen molar-refractivity contribution in [3.05, 3.63) is 0 Å². The van der Waals surface area contributed by atoms with Gasteiger partial charge in [-0.1, -0.05) is 0 Å². The maximum atomic E-state index is 11.4. The van der Waals surface area contributed by atoms with Gasteiger partial charge in [-0.15, -0.1) is 0 Å². The number of hydrogen-bond acceptors (Lipinski definition) is 4. The van der Waals surface area contributed by atoms with Crippen LogP contribution in [0.2, 0.25) is 0 Å². The summed E-state index contributed by atoms with van der Waals surface area (Å²) < 4.78 is 0. The Morgan fingerprint density at radius 3 is 2.37 bits per heavy atom. The van der Waals surface area contributed by atoms with Gasteiger partial charge in [-0.3, -0.25) is 10.1 Å². The SMILES string of the molecule is CC(C)NC(C)(CCCN1CCN(C)CC1)C(=O)O. The second-order valence-electron chi connectivity index (χ2n) is 6.18. The molecule has 1 aliphatic heterocycles. The van der Waals surface area contributed by atoms with Crippen LogP contribution in [0.15, 0.2) is 0 Å². The average Bonchev–Trinajstić information content (AvgIpc) is 2.30. The maximum absolute atomic E-state index is 11.4. The summed E-state index contributed by atoms with van der Waals surface area (Å²) in [6.07, 6.45) is 1.60. The van der Waals surface area contributed by atoms with Gasteiger partial charge in [0, 0.05) is 32.2 Å². The minimum atomic E-state index is -0.805. The van der Waals surface area contributed by atoms with E-state index in [9.17, 15) is 9.90 Å². The van der Waals surface area contributed by atoms with E-state index in [0.29, 0.717) is 6.42 Å². The summed E-state index contributed by atoms with van der Waals surface area (Å²) in [5.41, 5.74) is -0.805. The van der Waals surface area contributed by atoms with E-state index in [1.54, 1.807) is 6.92 Å². The van der Waals surface area contributed by atoms with Crippen LogP contribution in [0, 0.1) is 0 Å². The average molecular weight is 271 g/mol. The smallest absolute Gasteiger partial charge is 0.323 e. The molecule has 0 saturated carbocycles. The molecular formula is C14H29N3O2. The summed E-state index contributed by atoms with van der Waals surface area (Å²) >= 11 is 0. The third-order valence-electron chi connectivity index (χ3n) is 3.83. The molecule has 5 heteroatoms. The summed E-state index contributed by atoms with van der Waals surface area (Å²) in [4.78, 5) is 16.2. The second-order valence-corrected chi connectivity index (χ2v) is 6.18. The number of piperazine rings is 1. The predicted octanol–water partition coefficient (Wildman–Crippen LogP) is 0.855. The molecule has 0 amide bonds. The largest absolute Gasteiger partial charge is 0.480 e. The van der Waals surface area contributed by atoms with Gasteiger partial charge < -0.3 is 14.9 Å². The Morgan fingerprint density at radius 1 is 1.32 bits per heavy atom. The lowest BCUT2D eigenvalue weighted by Crippen LogP contribution is -2.53. The van der Waals surface area contributed by atoms with Crippen molar-refractivity contribution >= 4 is 5.97 Å². The topological polar surface area (TPSA) is 55.8 Å². The van der Waals surface area contributed by atoms with Gasteiger partial charge in [-0.05, 0) is 47.2 Å². The molecule has 1 rings (SSSR count). The van der Waals surface area contributed by atoms with E-state index in [1.807, 2.05) is 13.8 Å². The molecule has 112 valence electrons. The fraction of sp³-hybridized carbons (Fsp3) is 0.929. The van der Waals surface area contributed by atoms with Gasteiger partial charge in [0.1, 0.15) is 5.54 Å². The van der Waals surface area contributed by atoms with Crippen molar-refractivity contribution in [3.8, 4) is 0 Å². The first-order valence-electron chi connectivity index (χ1n) is 7.25. The number of carbonyl (C=O) groups is 1. The van der Waals surface area contributed by atoms with Crippen molar-refractivity contribution in [3.63, 3.8) is 0 Å². The van der Waals surface area contributed by atoms with Crippen LogP contribution < -0.4 is 5.32 Å². The highest BCUT2D eigenvalue weighted by molar-refractivity contribution is 5.78. The number of nitrogens with zero attached hydrogens (tertiary/aromatic N) is 2. The van der Waals surface area contributed by atoms with E-state index in [4.69, 9.17) is 0 Å². The molecule has 1 unspecified atom stereocenters. The highest BCUT2D eigenvalue weighted by atomic mass is 16.4. The number of likely N-dealkylation sites (N-methyl/N-ethyl adjacent to an activating group) is 1. The lowest BCUT2D eigenvalue weighted by atomic mass is 9.94. The van der Waals surface area contributed by atoms with Crippen LogP contribution in [0.1, 0.15) is 33.6 Å². The molecule has 1 saturated heterocycles. The van der Waals surface area contributed by atoms with Gasteiger partial charge in [0.2, 0.25) is 0 Å². The molecule has 1 heterocycles. The van der Waals surface area contributed by atoms with Crippen molar-refractivity contribution in [2.45, 2.75) is 45.2 Å². The number of hydrogen-bond donors (Lipinski definition) is 2. The first-order chi connectivity index (χ1) is 8.83. The first-order valence-corrected chi connectivity index (χ1v) is 7.25. The standard InChI is InChI=1S/C14H29N3O2/c1-12(2)15-14(3,13(18)19)6-5-7-17-10-8-16(4)9-11-17/h12,15H,5-11H2,1-4H3,(H,18,19). The monoisotopic (exact) mass is 271 g/mol. The predicted molar refractivity (Wildman–Crippen MR) is 77.5 cm³/mol. The molecule has 0 aromatic heterocycles. The quantitative estimate of drug-likeness (QED) is 0.719. The van der Waals surface area contributed by atoms with Crippen molar-refractivity contribution in [1.82, 2.24) is 15.1 Å². The molecule has 0 aliphatic carbocycles. The van der Waals surface area contributed by atoms with Crippen LogP contribution in [0.5, 0.6) is 0 Å². The number of nitrogens with one attached hydrogen (secondary N) is 1. The Kier molecular flexibility index (Phi) is 6.23. The van der Waals surface area contributed by atoms with E-state index >= 15 is 0 Å². The summed E-state index contributed by atoms with van der Waals surface area (Å²) in [6, 6.07) is 0.185. The summed E-state index contributed by atoms with van der Waals surface area (Å²) in [7, 11) is 2.14. The molecule has 1 aliphatic rings. The fourth-order valence-corrected chi connectivity index (χ4v) is 2.61. The van der Waals surface area contributed by atoms with Gasteiger partial charge in [-0.25, -0.2) is 0 Å². The van der Waals surface area contributed by atoms with Crippen LogP contribution >= 0.6 is 0 Å². The molecule has 2 N–H and O–H groups in total. The molecule has 1 atom stereocenters. The number of carboxylic acid groups (broad SMARTS) is 1. The summed E-state index contributed by atoms with van der Waals surface area (Å²) in [5, 5.41) is 12.5. The summed E-state index contributed by atoms with van der Waals surface area (Å²) in [6.45, 7) is 11.2. The first kappa shape index (κ1) is 16.4. The molecule has 0 bridgehead atoms. The van der Waals surface area contributed by atoms with Crippen molar-refractivity contribution in [2.75, 3.05) is 39.8 Å². The van der Waals surface area contributed by atoms with Crippen molar-refractivity contribution in [1.29, 1.82) is 0 Å². The molecule has 19 heavy (non-hydrogen) atoms. The zero-order chi connectivity index (χ0) is 14.5. The molecular weight excluding hydrogens is 242 g/mol. The number of aliphatic carboxylic acids is 1. The minimum absolute atomic E-state index is 0.185. The van der Waals surface area contributed by atoms with E-state index in [1.165, 1.54) is 0 Å². The van der Waals surface area contributed by atoms with E-state index in [0.717, 1.165) is 39.1 Å². The van der Waals surface area contributed by atoms with Gasteiger partial charge in [0.25, 0.3) is 0 Å². The third kappa shape index (κ3) is 5.47. The maximum Gasteiger partial charge on any atom is 0.323 e. The number of rotatable bonds is 7. The molecule has 0 radical (unpaired) electrons.